The molecule has 0 spiro atoms. The summed E-state index contributed by atoms with van der Waals surface area (Å²) in [6.45, 7) is 1.61. The highest BCUT2D eigenvalue weighted by atomic mass is 32.2. The summed E-state index contributed by atoms with van der Waals surface area (Å²) in [4.78, 5) is 15.6. The zero-order chi connectivity index (χ0) is 24.8. The van der Waals surface area contributed by atoms with Gasteiger partial charge in [-0.05, 0) is 37.8 Å². The molecule has 34 heavy (non-hydrogen) atoms. The highest BCUT2D eigenvalue weighted by molar-refractivity contribution is 7.89. The molecule has 1 aliphatic rings. The third-order valence-corrected chi connectivity index (χ3v) is 7.72. The van der Waals surface area contributed by atoms with Gasteiger partial charge in [-0.2, -0.15) is 18.3 Å². The van der Waals surface area contributed by atoms with E-state index >= 15 is 0 Å². The number of hydrogen-bond acceptors (Lipinski definition) is 5. The molecule has 3 aromatic rings. The molecule has 0 aliphatic heterocycles. The van der Waals surface area contributed by atoms with Crippen molar-refractivity contribution < 1.29 is 31.5 Å². The molecule has 4 rings (SSSR count). The number of rotatable bonds is 8. The van der Waals surface area contributed by atoms with Crippen LogP contribution in [-0.4, -0.2) is 55.6 Å². The Morgan fingerprint density at radius 2 is 2.03 bits per heavy atom. The molecule has 0 bridgehead atoms. The van der Waals surface area contributed by atoms with Crippen LogP contribution in [0.3, 0.4) is 0 Å². The van der Waals surface area contributed by atoms with Crippen molar-refractivity contribution in [3.8, 4) is 5.82 Å². The van der Waals surface area contributed by atoms with E-state index in [1.54, 1.807) is 24.7 Å². The number of aromatic nitrogens is 4. The fraction of sp³-hybridized carbons (Fsp3) is 0.476. The van der Waals surface area contributed by atoms with Gasteiger partial charge >= 0.3 is 12.3 Å². The van der Waals surface area contributed by atoms with Crippen molar-refractivity contribution in [2.45, 2.75) is 38.8 Å². The van der Waals surface area contributed by atoms with Crippen LogP contribution in [0.15, 0.2) is 24.5 Å². The van der Waals surface area contributed by atoms with Gasteiger partial charge in [-0.15, -0.1) is 0 Å². The van der Waals surface area contributed by atoms with Gasteiger partial charge in [-0.1, -0.05) is 12.8 Å². The Balaban J connectivity index is 1.63. The van der Waals surface area contributed by atoms with Crippen molar-refractivity contribution in [3.63, 3.8) is 0 Å². The van der Waals surface area contributed by atoms with E-state index in [0.717, 1.165) is 25.1 Å². The van der Waals surface area contributed by atoms with Gasteiger partial charge < -0.3 is 5.11 Å². The number of alkyl halides is 3. The fourth-order valence-corrected chi connectivity index (χ4v) is 5.34. The second kappa shape index (κ2) is 8.60. The minimum Gasteiger partial charge on any atom is -0.464 e. The van der Waals surface area contributed by atoms with Crippen LogP contribution < -0.4 is 0 Å². The monoisotopic (exact) mass is 499 g/mol. The van der Waals surface area contributed by atoms with E-state index in [0.29, 0.717) is 33.7 Å². The first-order chi connectivity index (χ1) is 15.9. The maximum Gasteiger partial charge on any atom is 0.421 e. The van der Waals surface area contributed by atoms with E-state index in [1.807, 2.05) is 0 Å². The van der Waals surface area contributed by atoms with E-state index < -0.39 is 33.6 Å². The topological polar surface area (TPSA) is 110 Å². The van der Waals surface area contributed by atoms with Crippen molar-refractivity contribution >= 4 is 27.1 Å². The lowest BCUT2D eigenvalue weighted by Gasteiger charge is -2.19. The lowest BCUT2D eigenvalue weighted by Crippen LogP contribution is -2.38. The number of sulfonamides is 1. The predicted octanol–water partition coefficient (Wildman–Crippen LogP) is 3.74. The van der Waals surface area contributed by atoms with Crippen molar-refractivity contribution in [2.24, 2.45) is 13.0 Å². The maximum atomic E-state index is 13.1. The Bertz CT molecular complexity index is 1340. The molecule has 3 heterocycles. The molecule has 13 heteroatoms. The number of fused-ring (bicyclic) bond motifs is 1. The van der Waals surface area contributed by atoms with Gasteiger partial charge in [0.15, 0.2) is 0 Å². The Kier molecular flexibility index (Phi) is 6.08. The van der Waals surface area contributed by atoms with Crippen molar-refractivity contribution in [1.82, 2.24) is 23.6 Å². The van der Waals surface area contributed by atoms with E-state index in [2.05, 4.69) is 10.1 Å². The first-order valence-electron chi connectivity index (χ1n) is 10.7. The molecule has 1 amide bonds. The Labute approximate surface area is 193 Å². The fourth-order valence-electron chi connectivity index (χ4n) is 4.04. The zero-order valence-corrected chi connectivity index (χ0v) is 19.4. The Morgan fingerprint density at radius 1 is 1.32 bits per heavy atom. The second-order valence-corrected chi connectivity index (χ2v) is 10.5. The Hall–Kier alpha value is -3.09. The number of nitrogens with zero attached hydrogens (tertiary/aromatic N) is 5. The van der Waals surface area contributed by atoms with E-state index in [-0.39, 0.29) is 24.0 Å². The highest BCUT2D eigenvalue weighted by Gasteiger charge is 2.32. The number of aryl methyl sites for hydroxylation is 2. The summed E-state index contributed by atoms with van der Waals surface area (Å²) in [5.41, 5.74) is 0.459. The Morgan fingerprint density at radius 3 is 2.65 bits per heavy atom. The summed E-state index contributed by atoms with van der Waals surface area (Å²) in [5, 5.41) is 14.0. The van der Waals surface area contributed by atoms with E-state index in [4.69, 9.17) is 0 Å². The van der Waals surface area contributed by atoms with Gasteiger partial charge in [-0.3, -0.25) is 9.25 Å². The number of amides is 1. The SMILES string of the molecule is Cc1nn(C)c(-n2ccc3cc(C(F)(F)F)cnc32)c1CCS(=O)(=O)N(CCC1CC1)C(=O)O. The molecule has 9 nitrogen and oxygen atoms in total. The number of hydrogen-bond donors (Lipinski definition) is 1. The summed E-state index contributed by atoms with van der Waals surface area (Å²) in [6.07, 6.45) is -1.30. The van der Waals surface area contributed by atoms with Gasteiger partial charge in [0.05, 0.1) is 17.0 Å². The van der Waals surface area contributed by atoms with Crippen LogP contribution in [0, 0.1) is 12.8 Å². The van der Waals surface area contributed by atoms with Crippen LogP contribution in [0.2, 0.25) is 0 Å². The summed E-state index contributed by atoms with van der Waals surface area (Å²) in [5.74, 6) is 0.375. The van der Waals surface area contributed by atoms with Crippen molar-refractivity contribution in [2.75, 3.05) is 12.3 Å². The van der Waals surface area contributed by atoms with Gasteiger partial charge in [0.1, 0.15) is 11.5 Å². The summed E-state index contributed by atoms with van der Waals surface area (Å²) >= 11 is 0. The maximum absolute atomic E-state index is 13.1. The number of halogens is 3. The van der Waals surface area contributed by atoms with Gasteiger partial charge in [0.25, 0.3) is 0 Å². The summed E-state index contributed by atoms with van der Waals surface area (Å²) in [6, 6.07) is 2.49. The zero-order valence-electron chi connectivity index (χ0n) is 18.6. The highest BCUT2D eigenvalue weighted by Crippen LogP contribution is 2.33. The average molecular weight is 500 g/mol. The van der Waals surface area contributed by atoms with E-state index in [1.165, 1.54) is 10.7 Å². The van der Waals surface area contributed by atoms with E-state index in [9.17, 15) is 31.5 Å². The largest absolute Gasteiger partial charge is 0.464 e. The molecule has 1 N–H and O–H groups in total. The van der Waals surface area contributed by atoms with Gasteiger partial charge in [-0.25, -0.2) is 22.5 Å². The van der Waals surface area contributed by atoms with Gasteiger partial charge in [0, 0.05) is 36.9 Å². The minimum atomic E-state index is -4.53. The normalized spacial score (nSPS) is 14.6. The van der Waals surface area contributed by atoms with Gasteiger partial charge in [0.2, 0.25) is 10.0 Å². The average Bonchev–Trinajstić information content (AvgIpc) is 3.39. The summed E-state index contributed by atoms with van der Waals surface area (Å²) in [7, 11) is -2.46. The molecule has 0 saturated heterocycles. The van der Waals surface area contributed by atoms with Crippen molar-refractivity contribution in [3.05, 3.63) is 41.3 Å². The molecule has 1 aliphatic carbocycles. The summed E-state index contributed by atoms with van der Waals surface area (Å²) < 4.78 is 68.4. The smallest absolute Gasteiger partial charge is 0.421 e. The lowest BCUT2D eigenvalue weighted by atomic mass is 10.2. The molecule has 3 aromatic heterocycles. The van der Waals surface area contributed by atoms with Crippen LogP contribution in [0.5, 0.6) is 0 Å². The molecular formula is C21H24F3N5O4S. The predicted molar refractivity (Wildman–Crippen MR) is 117 cm³/mol. The molecular weight excluding hydrogens is 475 g/mol. The van der Waals surface area contributed by atoms with Crippen LogP contribution in [0.4, 0.5) is 18.0 Å². The second-order valence-electron chi connectivity index (χ2n) is 8.48. The number of pyridine rings is 1. The third kappa shape index (κ3) is 4.74. The standard InChI is InChI=1S/C21H24F3N5O4S/c1-13-17(7-10-34(32,33)29(20(30)31)9-5-14-3-4-14)19(27(2)26-13)28-8-6-15-11-16(21(22,23)24)12-25-18(15)28/h6,8,11-12,14H,3-5,7,9-10H2,1-2H3,(H,30,31). The third-order valence-electron chi connectivity index (χ3n) is 5.99. The first kappa shape index (κ1) is 24.0. The first-order valence-corrected chi connectivity index (χ1v) is 12.3. The lowest BCUT2D eigenvalue weighted by molar-refractivity contribution is -0.137. The van der Waals surface area contributed by atoms with Crippen molar-refractivity contribution in [1.29, 1.82) is 0 Å². The van der Waals surface area contributed by atoms with Crippen LogP contribution in [0.25, 0.3) is 16.9 Å². The molecule has 0 unspecified atom stereocenters. The molecule has 0 atom stereocenters. The number of carbonyl (C=O) groups is 1. The molecule has 184 valence electrons. The number of carboxylic acid groups (broad SMARTS) is 1. The quantitative estimate of drug-likeness (QED) is 0.506. The molecule has 0 radical (unpaired) electrons. The van der Waals surface area contributed by atoms with Crippen LogP contribution in [-0.2, 0) is 29.7 Å². The molecule has 1 saturated carbocycles. The molecule has 0 aromatic carbocycles. The molecule has 1 fully saturated rings. The minimum absolute atomic E-state index is 0.0230. The van der Waals surface area contributed by atoms with Crippen LogP contribution in [0.1, 0.15) is 36.1 Å². The van der Waals surface area contributed by atoms with Crippen LogP contribution >= 0.6 is 0 Å².